The predicted molar refractivity (Wildman–Crippen MR) is 115 cm³/mol. The first-order valence-electron chi connectivity index (χ1n) is 9.58. The number of hydrogen-bond donors (Lipinski definition) is 1. The first-order valence-corrected chi connectivity index (χ1v) is 9.96. The monoisotopic (exact) mass is 432 g/mol. The van der Waals surface area contributed by atoms with E-state index in [0.717, 1.165) is 0 Å². The van der Waals surface area contributed by atoms with Crippen LogP contribution in [-0.2, 0) is 9.53 Å². The van der Waals surface area contributed by atoms with Crippen LogP contribution in [-0.4, -0.2) is 41.8 Å². The smallest absolute Gasteiger partial charge is 0.329 e. The lowest BCUT2D eigenvalue weighted by molar-refractivity contribution is -0.158. The maximum absolute atomic E-state index is 13.0. The van der Waals surface area contributed by atoms with E-state index in [9.17, 15) is 9.59 Å². The minimum atomic E-state index is -0.822. The summed E-state index contributed by atoms with van der Waals surface area (Å²) in [6, 6.07) is 0.966. The lowest BCUT2D eigenvalue weighted by Crippen LogP contribution is -2.34. The maximum atomic E-state index is 13.0. The lowest BCUT2D eigenvalue weighted by Gasteiger charge is -2.22. The fraction of sp³-hybridized carbons (Fsp3) is 0.450. The highest BCUT2D eigenvalue weighted by atomic mass is 35.5. The average molecular weight is 433 g/mol. The number of esters is 1. The van der Waals surface area contributed by atoms with E-state index in [-0.39, 0.29) is 17.1 Å². The molecular weight excluding hydrogens is 408 g/mol. The van der Waals surface area contributed by atoms with Gasteiger partial charge in [-0.25, -0.2) is 19.3 Å². The highest BCUT2D eigenvalue weighted by Crippen LogP contribution is 2.27. The van der Waals surface area contributed by atoms with Crippen LogP contribution in [0.2, 0.25) is 5.02 Å². The fourth-order valence-corrected chi connectivity index (χ4v) is 3.01. The van der Waals surface area contributed by atoms with Gasteiger partial charge in [-0.1, -0.05) is 11.6 Å². The van der Waals surface area contributed by atoms with Gasteiger partial charge in [-0.05, 0) is 47.6 Å². The highest BCUT2D eigenvalue weighted by Gasteiger charge is 2.25. The van der Waals surface area contributed by atoms with Gasteiger partial charge in [-0.2, -0.15) is 5.10 Å². The van der Waals surface area contributed by atoms with E-state index in [2.05, 4.69) is 20.4 Å². The zero-order valence-corrected chi connectivity index (χ0v) is 18.6. The first kappa shape index (κ1) is 21.8. The minimum absolute atomic E-state index is 0.148. The number of nitrogens with zero attached hydrogens (tertiary/aromatic N) is 5. The van der Waals surface area contributed by atoms with Crippen molar-refractivity contribution in [1.82, 2.24) is 24.1 Å². The summed E-state index contributed by atoms with van der Waals surface area (Å²) < 4.78 is 8.07. The SMILES string of the molecule is CC(C)Nc1ncc(Cl)c(-c2cc3c(=O)n(C(C)C(=O)OC(C)(C)C)cnn3c2)n1. The molecule has 0 spiro atoms. The maximum Gasteiger partial charge on any atom is 0.329 e. The van der Waals surface area contributed by atoms with Crippen LogP contribution in [0.3, 0.4) is 0 Å². The molecule has 1 unspecified atom stereocenters. The summed E-state index contributed by atoms with van der Waals surface area (Å²) in [4.78, 5) is 34.0. The normalized spacial score (nSPS) is 12.9. The lowest BCUT2D eigenvalue weighted by atomic mass is 10.2. The number of hydrogen-bond acceptors (Lipinski definition) is 7. The van der Waals surface area contributed by atoms with Crippen molar-refractivity contribution < 1.29 is 9.53 Å². The van der Waals surface area contributed by atoms with Crippen LogP contribution in [0.15, 0.2) is 29.6 Å². The Morgan fingerprint density at radius 3 is 2.60 bits per heavy atom. The molecule has 0 radical (unpaired) electrons. The Labute approximate surface area is 179 Å². The topological polar surface area (TPSA) is 103 Å². The van der Waals surface area contributed by atoms with Gasteiger partial charge in [0.1, 0.15) is 23.5 Å². The molecule has 3 heterocycles. The van der Waals surface area contributed by atoms with Crippen molar-refractivity contribution in [2.45, 2.75) is 59.2 Å². The summed E-state index contributed by atoms with van der Waals surface area (Å²) in [5.41, 5.74) is 0.351. The number of halogens is 1. The quantitative estimate of drug-likeness (QED) is 0.616. The molecule has 3 rings (SSSR count). The third-order valence-corrected chi connectivity index (χ3v) is 4.43. The molecule has 9 nitrogen and oxygen atoms in total. The molecule has 3 aromatic heterocycles. The number of carbonyl (C=O) groups is 1. The van der Waals surface area contributed by atoms with Crippen LogP contribution in [0.5, 0.6) is 0 Å². The van der Waals surface area contributed by atoms with Crippen LogP contribution in [0.4, 0.5) is 5.95 Å². The Bertz CT molecular complexity index is 1150. The minimum Gasteiger partial charge on any atom is -0.458 e. The summed E-state index contributed by atoms with van der Waals surface area (Å²) >= 11 is 6.29. The van der Waals surface area contributed by atoms with Gasteiger partial charge in [0.15, 0.2) is 0 Å². The number of aromatic nitrogens is 5. The van der Waals surface area contributed by atoms with Crippen molar-refractivity contribution in [1.29, 1.82) is 0 Å². The van der Waals surface area contributed by atoms with Crippen molar-refractivity contribution in [3.63, 3.8) is 0 Å². The molecular formula is C20H25ClN6O3. The van der Waals surface area contributed by atoms with Crippen LogP contribution < -0.4 is 10.9 Å². The molecule has 1 N–H and O–H groups in total. The standard InChI is InChI=1S/C20H25ClN6O3/c1-11(2)24-19-22-8-14(21)16(25-19)13-7-15-17(28)26(10-23-27(15)9-13)12(3)18(29)30-20(4,5)6/h7-12H,1-6H3,(H,22,24,25). The van der Waals surface area contributed by atoms with E-state index in [1.165, 1.54) is 21.6 Å². The third-order valence-electron chi connectivity index (χ3n) is 4.15. The molecule has 0 aromatic carbocycles. The van der Waals surface area contributed by atoms with E-state index in [1.807, 2.05) is 13.8 Å². The molecule has 0 amide bonds. The van der Waals surface area contributed by atoms with Crippen molar-refractivity contribution in [2.75, 3.05) is 5.32 Å². The van der Waals surface area contributed by atoms with Gasteiger partial charge in [0.2, 0.25) is 5.95 Å². The second-order valence-electron chi connectivity index (χ2n) is 8.30. The van der Waals surface area contributed by atoms with E-state index in [4.69, 9.17) is 16.3 Å². The predicted octanol–water partition coefficient (Wildman–Crippen LogP) is 3.33. The van der Waals surface area contributed by atoms with E-state index >= 15 is 0 Å². The summed E-state index contributed by atoms with van der Waals surface area (Å²) in [5, 5.41) is 7.73. The van der Waals surface area contributed by atoms with Crippen molar-refractivity contribution >= 4 is 29.0 Å². The number of carbonyl (C=O) groups excluding carboxylic acids is 1. The molecule has 0 saturated heterocycles. The molecule has 0 aliphatic carbocycles. The number of ether oxygens (including phenoxy) is 1. The number of fused-ring (bicyclic) bond motifs is 1. The molecule has 0 fully saturated rings. The van der Waals surface area contributed by atoms with Crippen LogP contribution in [0.25, 0.3) is 16.8 Å². The number of anilines is 1. The molecule has 160 valence electrons. The number of rotatable bonds is 5. The Morgan fingerprint density at radius 1 is 1.27 bits per heavy atom. The highest BCUT2D eigenvalue weighted by molar-refractivity contribution is 6.32. The zero-order chi connectivity index (χ0) is 22.2. The molecule has 0 aliphatic rings. The summed E-state index contributed by atoms with van der Waals surface area (Å²) in [5.74, 6) is -0.0747. The largest absolute Gasteiger partial charge is 0.458 e. The van der Waals surface area contributed by atoms with Crippen molar-refractivity contribution in [3.05, 3.63) is 40.2 Å². The first-order chi connectivity index (χ1) is 14.0. The second-order valence-corrected chi connectivity index (χ2v) is 8.71. The Balaban J connectivity index is 2.01. The summed E-state index contributed by atoms with van der Waals surface area (Å²) in [6.07, 6.45) is 4.49. The van der Waals surface area contributed by atoms with Gasteiger partial charge < -0.3 is 10.1 Å². The van der Waals surface area contributed by atoms with Crippen molar-refractivity contribution in [3.8, 4) is 11.3 Å². The Hall–Kier alpha value is -2.94. The summed E-state index contributed by atoms with van der Waals surface area (Å²) in [6.45, 7) is 10.9. The second kappa shape index (κ2) is 8.06. The van der Waals surface area contributed by atoms with Gasteiger partial charge in [0, 0.05) is 17.8 Å². The van der Waals surface area contributed by atoms with Crippen LogP contribution in [0, 0.1) is 0 Å². The molecule has 0 bridgehead atoms. The molecule has 30 heavy (non-hydrogen) atoms. The van der Waals surface area contributed by atoms with Gasteiger partial charge in [-0.15, -0.1) is 0 Å². The van der Waals surface area contributed by atoms with E-state index in [1.54, 1.807) is 40.0 Å². The van der Waals surface area contributed by atoms with E-state index in [0.29, 0.717) is 22.2 Å². The summed E-state index contributed by atoms with van der Waals surface area (Å²) in [7, 11) is 0. The van der Waals surface area contributed by atoms with Crippen LogP contribution >= 0.6 is 11.6 Å². The van der Waals surface area contributed by atoms with Gasteiger partial charge >= 0.3 is 5.97 Å². The van der Waals surface area contributed by atoms with Gasteiger partial charge in [0.25, 0.3) is 5.56 Å². The van der Waals surface area contributed by atoms with Gasteiger partial charge in [0.05, 0.1) is 16.9 Å². The average Bonchev–Trinajstić information content (AvgIpc) is 3.06. The van der Waals surface area contributed by atoms with Gasteiger partial charge in [-0.3, -0.25) is 9.36 Å². The molecule has 10 heteroatoms. The fourth-order valence-electron chi connectivity index (χ4n) is 2.81. The van der Waals surface area contributed by atoms with Crippen molar-refractivity contribution in [2.24, 2.45) is 0 Å². The third kappa shape index (κ3) is 4.62. The molecule has 0 saturated carbocycles. The Kier molecular flexibility index (Phi) is 5.85. The molecule has 1 atom stereocenters. The molecule has 3 aromatic rings. The number of nitrogens with one attached hydrogen (secondary N) is 1. The van der Waals surface area contributed by atoms with E-state index < -0.39 is 17.6 Å². The molecule has 0 aliphatic heterocycles. The Morgan fingerprint density at radius 2 is 1.97 bits per heavy atom. The zero-order valence-electron chi connectivity index (χ0n) is 17.8. The van der Waals surface area contributed by atoms with Crippen LogP contribution in [0.1, 0.15) is 47.6 Å².